The number of aromatic nitrogens is 1. The molecule has 1 aromatic carbocycles. The molecule has 1 aliphatic heterocycles. The van der Waals surface area contributed by atoms with Crippen molar-refractivity contribution in [1.29, 1.82) is 5.26 Å². The second-order valence-electron chi connectivity index (χ2n) is 6.11. The highest BCUT2D eigenvalue weighted by Crippen LogP contribution is 2.32. The Morgan fingerprint density at radius 2 is 2.07 bits per heavy atom. The Kier molecular flexibility index (Phi) is 5.26. The smallest absolute Gasteiger partial charge is 0.287 e. The molecule has 28 heavy (non-hydrogen) atoms. The maximum absolute atomic E-state index is 12.3. The van der Waals surface area contributed by atoms with Gasteiger partial charge in [0.1, 0.15) is 31.4 Å². The lowest BCUT2D eigenvalue weighted by Crippen LogP contribution is -2.34. The molecule has 0 spiro atoms. The molecule has 1 atom stereocenters. The summed E-state index contributed by atoms with van der Waals surface area (Å²) >= 11 is 0. The van der Waals surface area contributed by atoms with Gasteiger partial charge in [-0.05, 0) is 24.6 Å². The monoisotopic (exact) mass is 384 g/mol. The van der Waals surface area contributed by atoms with E-state index in [4.69, 9.17) is 14.7 Å². The lowest BCUT2D eigenvalue weighted by atomic mass is 10.1. The zero-order valence-corrected chi connectivity index (χ0v) is 14.9. The lowest BCUT2D eigenvalue weighted by Gasteiger charge is -2.21. The molecule has 10 nitrogen and oxygen atoms in total. The first-order valence-corrected chi connectivity index (χ1v) is 8.37. The quantitative estimate of drug-likeness (QED) is 0.605. The van der Waals surface area contributed by atoms with E-state index in [1.165, 1.54) is 0 Å². The molecule has 2 heterocycles. The summed E-state index contributed by atoms with van der Waals surface area (Å²) in [5.41, 5.74) is -0.845. The Bertz CT molecular complexity index is 1040. The number of hydrogen-bond donors (Lipinski definition) is 1. The summed E-state index contributed by atoms with van der Waals surface area (Å²) in [6.07, 6.45) is 0.942. The standard InChI is InChI=1S/C18H16N4O6/c1-11(12-2-3-15-16(7-12)28-5-4-27-15)20-17(23)10-21-9-14(22(25)26)6-13(8-19)18(21)24/h2-3,6-7,9,11H,4-5,10H2,1H3,(H,20,23)/t11-/m0/s1. The van der Waals surface area contributed by atoms with E-state index >= 15 is 0 Å². The molecule has 0 radical (unpaired) electrons. The van der Waals surface area contributed by atoms with Crippen LogP contribution in [-0.4, -0.2) is 28.6 Å². The van der Waals surface area contributed by atoms with Gasteiger partial charge in [0.15, 0.2) is 11.5 Å². The molecule has 3 rings (SSSR count). The van der Waals surface area contributed by atoms with Crippen LogP contribution in [0.3, 0.4) is 0 Å². The van der Waals surface area contributed by atoms with E-state index in [2.05, 4.69) is 5.32 Å². The molecule has 10 heteroatoms. The molecule has 0 saturated carbocycles. The first kappa shape index (κ1) is 18.9. The van der Waals surface area contributed by atoms with Gasteiger partial charge < -0.3 is 14.8 Å². The van der Waals surface area contributed by atoms with E-state index in [-0.39, 0.29) is 0 Å². The molecule has 1 aromatic heterocycles. The molecule has 0 unspecified atom stereocenters. The van der Waals surface area contributed by atoms with Gasteiger partial charge in [-0.1, -0.05) is 6.07 Å². The summed E-state index contributed by atoms with van der Waals surface area (Å²) < 4.78 is 11.8. The minimum Gasteiger partial charge on any atom is -0.486 e. The summed E-state index contributed by atoms with van der Waals surface area (Å²) in [5.74, 6) is 0.674. The number of rotatable bonds is 5. The first-order chi connectivity index (χ1) is 13.4. The van der Waals surface area contributed by atoms with Crippen LogP contribution >= 0.6 is 0 Å². The lowest BCUT2D eigenvalue weighted by molar-refractivity contribution is -0.385. The van der Waals surface area contributed by atoms with Gasteiger partial charge in [0.2, 0.25) is 5.91 Å². The predicted molar refractivity (Wildman–Crippen MR) is 96.1 cm³/mol. The minimum atomic E-state index is -0.768. The Labute approximate surface area is 159 Å². The summed E-state index contributed by atoms with van der Waals surface area (Å²) in [6.45, 7) is 2.21. The number of fused-ring (bicyclic) bond motifs is 1. The zero-order valence-electron chi connectivity index (χ0n) is 14.9. The number of nitrogens with zero attached hydrogens (tertiary/aromatic N) is 3. The van der Waals surface area contributed by atoms with Gasteiger partial charge in [0.25, 0.3) is 11.2 Å². The molecule has 0 bridgehead atoms. The third-order valence-electron chi connectivity index (χ3n) is 4.16. The molecule has 0 saturated heterocycles. The van der Waals surface area contributed by atoms with Crippen molar-refractivity contribution in [3.63, 3.8) is 0 Å². The van der Waals surface area contributed by atoms with Crippen molar-refractivity contribution >= 4 is 11.6 Å². The van der Waals surface area contributed by atoms with Crippen molar-refractivity contribution in [2.24, 2.45) is 0 Å². The highest BCUT2D eigenvalue weighted by molar-refractivity contribution is 5.76. The third-order valence-corrected chi connectivity index (χ3v) is 4.16. The van der Waals surface area contributed by atoms with Crippen LogP contribution < -0.4 is 20.3 Å². The van der Waals surface area contributed by atoms with Crippen molar-refractivity contribution in [3.8, 4) is 17.6 Å². The molecule has 2 aromatic rings. The van der Waals surface area contributed by atoms with Gasteiger partial charge in [-0.25, -0.2) is 0 Å². The SMILES string of the molecule is C[C@H](NC(=O)Cn1cc([N+](=O)[O-])cc(C#N)c1=O)c1ccc2c(c1)OCCO2. The number of carbonyl (C=O) groups is 1. The summed E-state index contributed by atoms with van der Waals surface area (Å²) in [6, 6.07) is 7.37. The van der Waals surface area contributed by atoms with Crippen LogP contribution in [0.4, 0.5) is 5.69 Å². The van der Waals surface area contributed by atoms with Crippen LogP contribution in [0.25, 0.3) is 0 Å². The normalized spacial score (nSPS) is 13.3. The molecule has 0 aliphatic carbocycles. The fourth-order valence-corrected chi connectivity index (χ4v) is 2.77. The number of pyridine rings is 1. The maximum atomic E-state index is 12.3. The fraction of sp³-hybridized carbons (Fsp3) is 0.278. The Hall–Kier alpha value is -3.87. The number of nitro groups is 1. The number of nitriles is 1. The third kappa shape index (κ3) is 3.93. The number of benzene rings is 1. The predicted octanol–water partition coefficient (Wildman–Crippen LogP) is 1.28. The topological polar surface area (TPSA) is 136 Å². The number of nitrogens with one attached hydrogen (secondary N) is 1. The van der Waals surface area contributed by atoms with Gasteiger partial charge in [0.05, 0.1) is 17.2 Å². The van der Waals surface area contributed by atoms with Gasteiger partial charge in [-0.15, -0.1) is 0 Å². The number of amides is 1. The number of ether oxygens (including phenoxy) is 2. The summed E-state index contributed by atoms with van der Waals surface area (Å²) in [7, 11) is 0. The number of carbonyl (C=O) groups excluding carboxylic acids is 1. The molecular formula is C18H16N4O6. The van der Waals surface area contributed by atoms with E-state index in [1.807, 2.05) is 0 Å². The molecule has 0 fully saturated rings. The average Bonchev–Trinajstić information content (AvgIpc) is 2.68. The van der Waals surface area contributed by atoms with Gasteiger partial charge in [0, 0.05) is 6.07 Å². The van der Waals surface area contributed by atoms with E-state index in [1.54, 1.807) is 31.2 Å². The van der Waals surface area contributed by atoms with Gasteiger partial charge in [-0.2, -0.15) is 5.26 Å². The van der Waals surface area contributed by atoms with E-state index in [9.17, 15) is 19.7 Å². The Morgan fingerprint density at radius 3 is 2.75 bits per heavy atom. The van der Waals surface area contributed by atoms with E-state index < -0.39 is 40.2 Å². The van der Waals surface area contributed by atoms with Crippen molar-refractivity contribution < 1.29 is 19.2 Å². The zero-order chi connectivity index (χ0) is 20.3. The van der Waals surface area contributed by atoms with Crippen molar-refractivity contribution in [1.82, 2.24) is 9.88 Å². The largest absolute Gasteiger partial charge is 0.486 e. The van der Waals surface area contributed by atoms with Crippen molar-refractivity contribution in [2.45, 2.75) is 19.5 Å². The average molecular weight is 384 g/mol. The molecule has 1 aliphatic rings. The van der Waals surface area contributed by atoms with Crippen molar-refractivity contribution in [3.05, 3.63) is 62.1 Å². The highest BCUT2D eigenvalue weighted by atomic mass is 16.6. The van der Waals surface area contributed by atoms with Gasteiger partial charge in [-0.3, -0.25) is 24.3 Å². The van der Waals surface area contributed by atoms with Crippen LogP contribution in [0.2, 0.25) is 0 Å². The van der Waals surface area contributed by atoms with Crippen LogP contribution in [-0.2, 0) is 11.3 Å². The second kappa shape index (κ2) is 7.79. The van der Waals surface area contributed by atoms with Crippen molar-refractivity contribution in [2.75, 3.05) is 13.2 Å². The molecule has 1 N–H and O–H groups in total. The van der Waals surface area contributed by atoms with Crippen LogP contribution in [0.1, 0.15) is 24.1 Å². The van der Waals surface area contributed by atoms with Crippen LogP contribution in [0, 0.1) is 21.4 Å². The van der Waals surface area contributed by atoms with Gasteiger partial charge >= 0.3 is 0 Å². The van der Waals surface area contributed by atoms with Crippen LogP contribution in [0.5, 0.6) is 11.5 Å². The molecule has 1 amide bonds. The van der Waals surface area contributed by atoms with E-state index in [0.717, 1.165) is 22.4 Å². The second-order valence-corrected chi connectivity index (χ2v) is 6.11. The molecular weight excluding hydrogens is 368 g/mol. The molecule has 144 valence electrons. The summed E-state index contributed by atoms with van der Waals surface area (Å²) in [4.78, 5) is 34.7. The first-order valence-electron chi connectivity index (χ1n) is 8.37. The Morgan fingerprint density at radius 1 is 1.36 bits per heavy atom. The van der Waals surface area contributed by atoms with Crippen LogP contribution in [0.15, 0.2) is 35.3 Å². The minimum absolute atomic E-state index is 0.401. The highest BCUT2D eigenvalue weighted by Gasteiger charge is 2.18. The maximum Gasteiger partial charge on any atom is 0.287 e. The van der Waals surface area contributed by atoms with E-state index in [0.29, 0.717) is 24.7 Å². The summed E-state index contributed by atoms with van der Waals surface area (Å²) in [5, 5.41) is 22.6. The number of hydrogen-bond acceptors (Lipinski definition) is 7. The Balaban J connectivity index is 1.75. The fourth-order valence-electron chi connectivity index (χ4n) is 2.77.